The molecule has 1 aliphatic heterocycles. The molecule has 0 saturated heterocycles. The molecular formula is C47H60N2O12Si. The third-order valence-corrected chi connectivity index (χ3v) is 10.9. The summed E-state index contributed by atoms with van der Waals surface area (Å²) in [6, 6.07) is 13.0. The molecule has 3 aromatic rings. The predicted molar refractivity (Wildman–Crippen MR) is 236 cm³/mol. The van der Waals surface area contributed by atoms with E-state index in [2.05, 4.69) is 24.6 Å². The lowest BCUT2D eigenvalue weighted by atomic mass is 9.97. The molecule has 0 fully saturated rings. The maximum absolute atomic E-state index is 14.9. The van der Waals surface area contributed by atoms with Gasteiger partial charge in [-0.3, -0.25) is 9.59 Å². The van der Waals surface area contributed by atoms with Crippen LogP contribution in [-0.4, -0.2) is 89.9 Å². The summed E-state index contributed by atoms with van der Waals surface area (Å²) in [4.78, 5) is 86.0. The van der Waals surface area contributed by atoms with Crippen molar-refractivity contribution in [3.8, 4) is 17.2 Å². The average Bonchev–Trinajstić information content (AvgIpc) is 3.12. The molecule has 0 bridgehead atoms. The molecule has 1 N–H and O–H groups in total. The molecule has 334 valence electrons. The number of esters is 3. The minimum atomic E-state index is -1.52. The van der Waals surface area contributed by atoms with Crippen LogP contribution in [0.15, 0.2) is 59.6 Å². The summed E-state index contributed by atoms with van der Waals surface area (Å²) in [6.45, 7) is 19.6. The Morgan fingerprint density at radius 2 is 1.60 bits per heavy atom. The van der Waals surface area contributed by atoms with Gasteiger partial charge >= 0.3 is 24.0 Å². The summed E-state index contributed by atoms with van der Waals surface area (Å²) in [5, 5.41) is 10.8. The molecule has 3 aromatic carbocycles. The lowest BCUT2D eigenvalue weighted by Gasteiger charge is -2.33. The van der Waals surface area contributed by atoms with E-state index in [9.17, 15) is 33.9 Å². The van der Waals surface area contributed by atoms with E-state index in [1.54, 1.807) is 60.6 Å². The number of phenols is 1. The van der Waals surface area contributed by atoms with Crippen LogP contribution in [0.3, 0.4) is 0 Å². The highest BCUT2D eigenvalue weighted by Gasteiger charge is 2.37. The number of Topliss-reactive ketones (excluding diaryl/α,β-unsaturated/α-hetero) is 1. The van der Waals surface area contributed by atoms with Crippen LogP contribution < -0.4 is 9.47 Å². The van der Waals surface area contributed by atoms with Gasteiger partial charge in [-0.05, 0) is 127 Å². The van der Waals surface area contributed by atoms with Crippen LogP contribution in [0.5, 0.6) is 17.2 Å². The average molecular weight is 873 g/mol. The van der Waals surface area contributed by atoms with Crippen molar-refractivity contribution in [1.82, 2.24) is 4.90 Å². The quantitative estimate of drug-likeness (QED) is 0.0567. The molecule has 2 amide bonds. The number of carbonyl (C=O) groups excluding carboxylic acids is 6. The van der Waals surface area contributed by atoms with Gasteiger partial charge in [0.05, 0.1) is 29.9 Å². The van der Waals surface area contributed by atoms with Crippen molar-refractivity contribution in [3.05, 3.63) is 88.0 Å². The van der Waals surface area contributed by atoms with E-state index in [0.29, 0.717) is 36.1 Å². The third kappa shape index (κ3) is 15.0. The van der Waals surface area contributed by atoms with Gasteiger partial charge < -0.3 is 33.7 Å². The minimum Gasteiger partial charge on any atom is -0.508 e. The monoisotopic (exact) mass is 872 g/mol. The number of phenolic OH excluding ortho intramolecular Hbond substituents is 1. The fraction of sp³-hybridized carbons (Fsp3) is 0.468. The van der Waals surface area contributed by atoms with Gasteiger partial charge in [0.15, 0.2) is 11.5 Å². The van der Waals surface area contributed by atoms with Gasteiger partial charge in [0.2, 0.25) is 0 Å². The van der Waals surface area contributed by atoms with Crippen LogP contribution in [0, 0.1) is 0 Å². The number of hydrogen-bond donors (Lipinski definition) is 1. The lowest BCUT2D eigenvalue weighted by Crippen LogP contribution is -2.48. The van der Waals surface area contributed by atoms with Gasteiger partial charge in [-0.15, -0.1) is 0 Å². The molecule has 1 atom stereocenters. The molecule has 0 radical (unpaired) electrons. The maximum atomic E-state index is 14.9. The summed E-state index contributed by atoms with van der Waals surface area (Å²) in [6.07, 6.45) is 0.0561. The molecule has 62 heavy (non-hydrogen) atoms. The number of carbonyl (C=O) groups is 6. The smallest absolute Gasteiger partial charge is 0.434 e. The first-order valence-corrected chi connectivity index (χ1v) is 24.4. The number of benzene rings is 3. The number of ketones is 1. The second kappa shape index (κ2) is 20.4. The van der Waals surface area contributed by atoms with Gasteiger partial charge in [0, 0.05) is 33.2 Å². The minimum absolute atomic E-state index is 0.0345. The number of fused-ring (bicyclic) bond motifs is 2. The number of aromatic hydroxyl groups is 1. The first-order chi connectivity index (χ1) is 28.8. The molecule has 0 unspecified atom stereocenters. The summed E-state index contributed by atoms with van der Waals surface area (Å²) in [5.74, 6) is -3.80. The number of aliphatic imine (C=N–C) groups is 1. The topological polar surface area (TPSA) is 184 Å². The largest absolute Gasteiger partial charge is 0.508 e. The van der Waals surface area contributed by atoms with Crippen LogP contribution in [0.25, 0.3) is 0 Å². The standard InChI is InChI=1S/C47H60N2O12Si/c1-29(48-45(56)61-47(6,7)8)22-31-17-18-36-33(24-31)14-13-19-57-40-37(15-12-16-39(40)59-43(36)54)41(52)49(38(23-30(2)50)44(55)60-46(3,4)5)28-32-25-34(27-35(51)26-32)42(53)58-20-21-62(9,10)11/h12,15-18,24-27,38,51H,13-14,19-23,28H2,1-11H3/t38-/m0/s1. The van der Waals surface area contributed by atoms with E-state index in [-0.39, 0.29) is 53.7 Å². The van der Waals surface area contributed by atoms with Gasteiger partial charge in [-0.1, -0.05) is 37.8 Å². The summed E-state index contributed by atoms with van der Waals surface area (Å²) in [7, 11) is -1.52. The Hall–Kier alpha value is -5.83. The van der Waals surface area contributed by atoms with E-state index >= 15 is 0 Å². The SMILES string of the molecule is CC(=O)C[C@@H](C(=O)OC(C)(C)C)N(Cc1cc(O)cc(C(=O)OCC[Si](C)(C)C)c1)C(=O)c1cccc2c1OCCCc1cc(CC(C)=NC(=O)OC(C)(C)C)ccc1C(=O)O2. The molecule has 4 rings (SSSR count). The van der Waals surface area contributed by atoms with Crippen molar-refractivity contribution in [1.29, 1.82) is 0 Å². The van der Waals surface area contributed by atoms with E-state index in [1.165, 1.54) is 43.3 Å². The van der Waals surface area contributed by atoms with E-state index in [4.69, 9.17) is 23.7 Å². The fourth-order valence-electron chi connectivity index (χ4n) is 6.50. The van der Waals surface area contributed by atoms with Crippen LogP contribution in [-0.2, 0) is 43.2 Å². The Bertz CT molecular complexity index is 2210. The van der Waals surface area contributed by atoms with Crippen molar-refractivity contribution in [2.75, 3.05) is 13.2 Å². The zero-order valence-electron chi connectivity index (χ0n) is 37.8. The molecule has 15 heteroatoms. The first-order valence-electron chi connectivity index (χ1n) is 20.7. The van der Waals surface area contributed by atoms with Crippen molar-refractivity contribution in [2.45, 2.75) is 131 Å². The highest BCUT2D eigenvalue weighted by molar-refractivity contribution is 6.76. The second-order valence-electron chi connectivity index (χ2n) is 18.7. The molecule has 0 saturated carbocycles. The molecular weight excluding hydrogens is 813 g/mol. The normalized spacial score (nSPS) is 13.9. The van der Waals surface area contributed by atoms with Crippen molar-refractivity contribution in [3.63, 3.8) is 0 Å². The lowest BCUT2D eigenvalue weighted by molar-refractivity contribution is -0.161. The molecule has 1 aliphatic rings. The number of hydrogen-bond acceptors (Lipinski definition) is 12. The van der Waals surface area contributed by atoms with Gasteiger partial charge in [-0.2, -0.15) is 4.99 Å². The van der Waals surface area contributed by atoms with E-state index < -0.39 is 67.4 Å². The number of nitrogens with zero attached hydrogens (tertiary/aromatic N) is 2. The Kier molecular flexibility index (Phi) is 16.0. The number of rotatable bonds is 13. The number of amides is 2. The zero-order valence-corrected chi connectivity index (χ0v) is 38.8. The van der Waals surface area contributed by atoms with Crippen molar-refractivity contribution >= 4 is 49.5 Å². The maximum Gasteiger partial charge on any atom is 0.434 e. The van der Waals surface area contributed by atoms with Crippen LogP contribution in [0.2, 0.25) is 25.7 Å². The molecule has 0 aliphatic carbocycles. The number of ether oxygens (including phenoxy) is 5. The third-order valence-electron chi connectivity index (χ3n) is 9.22. The molecule has 14 nitrogen and oxygen atoms in total. The Morgan fingerprint density at radius 3 is 2.24 bits per heavy atom. The van der Waals surface area contributed by atoms with E-state index in [0.717, 1.165) is 16.5 Å². The Labute approximate surface area is 364 Å². The Morgan fingerprint density at radius 1 is 0.903 bits per heavy atom. The highest BCUT2D eigenvalue weighted by Crippen LogP contribution is 2.36. The molecule has 0 aromatic heterocycles. The molecule has 1 heterocycles. The number of para-hydroxylation sites is 1. The summed E-state index contributed by atoms with van der Waals surface area (Å²) in [5.41, 5.74) is 0.882. The predicted octanol–water partition coefficient (Wildman–Crippen LogP) is 8.70. The second-order valence-corrected chi connectivity index (χ2v) is 24.3. The van der Waals surface area contributed by atoms with Crippen molar-refractivity contribution in [2.24, 2.45) is 4.99 Å². The zero-order chi connectivity index (χ0) is 46.2. The first kappa shape index (κ1) is 48.8. The summed E-state index contributed by atoms with van der Waals surface area (Å²) >= 11 is 0. The van der Waals surface area contributed by atoms with E-state index in [1.807, 2.05) is 6.07 Å². The van der Waals surface area contributed by atoms with Crippen LogP contribution in [0.1, 0.15) is 116 Å². The fourth-order valence-corrected chi connectivity index (χ4v) is 7.21. The molecule has 0 spiro atoms. The highest BCUT2D eigenvalue weighted by atomic mass is 28.3. The Balaban J connectivity index is 1.72. The van der Waals surface area contributed by atoms with Gasteiger partial charge in [0.1, 0.15) is 28.8 Å². The van der Waals surface area contributed by atoms with Gasteiger partial charge in [0.25, 0.3) is 5.91 Å². The van der Waals surface area contributed by atoms with Crippen LogP contribution >= 0.6 is 0 Å². The van der Waals surface area contributed by atoms with Gasteiger partial charge in [-0.25, -0.2) is 19.2 Å². The van der Waals surface area contributed by atoms with Crippen LogP contribution in [0.4, 0.5) is 4.79 Å². The number of aryl methyl sites for hydroxylation is 1. The van der Waals surface area contributed by atoms with Crippen molar-refractivity contribution < 1.29 is 57.6 Å². The summed E-state index contributed by atoms with van der Waals surface area (Å²) < 4.78 is 28.7.